The molecule has 0 aliphatic heterocycles. The van der Waals surface area contributed by atoms with Crippen molar-refractivity contribution in [1.29, 1.82) is 0 Å². The maximum absolute atomic E-state index is 10.00. The van der Waals surface area contributed by atoms with Crippen molar-refractivity contribution in [2.75, 3.05) is 7.11 Å². The lowest BCUT2D eigenvalue weighted by molar-refractivity contribution is 0.319. The molecule has 0 fully saturated rings. The van der Waals surface area contributed by atoms with E-state index in [0.29, 0.717) is 17.7 Å². The molecule has 4 N–H and O–H groups in total. The number of oxime groups is 1. The lowest BCUT2D eigenvalue weighted by Gasteiger charge is -2.16. The molecular formula is C16H17NO5. The Morgan fingerprint density at radius 3 is 2.50 bits per heavy atom. The van der Waals surface area contributed by atoms with E-state index < -0.39 is 23.2 Å². The Morgan fingerprint density at radius 2 is 1.82 bits per heavy atom. The number of aromatic hydroxyl groups is 3. The van der Waals surface area contributed by atoms with E-state index in [-0.39, 0.29) is 0 Å². The average Bonchev–Trinajstić information content (AvgIpc) is 2.53. The van der Waals surface area contributed by atoms with Crippen LogP contribution in [0, 0.1) is 0 Å². The number of methoxy groups -OCH3 is 1. The summed E-state index contributed by atoms with van der Waals surface area (Å²) >= 11 is 0. The molecule has 0 heterocycles. The highest BCUT2D eigenvalue weighted by Gasteiger charge is 2.20. The number of ether oxygens (including phenoxy) is 1. The van der Waals surface area contributed by atoms with Crippen LogP contribution in [-0.2, 0) is 6.42 Å². The van der Waals surface area contributed by atoms with E-state index >= 15 is 0 Å². The van der Waals surface area contributed by atoms with Gasteiger partial charge < -0.3 is 25.3 Å². The Morgan fingerprint density at radius 1 is 1.09 bits per heavy atom. The van der Waals surface area contributed by atoms with Crippen molar-refractivity contribution < 1.29 is 25.3 Å². The Labute approximate surface area is 127 Å². The van der Waals surface area contributed by atoms with Crippen LogP contribution in [0.15, 0.2) is 41.6 Å². The molecule has 0 aromatic heterocycles. The number of hydrogen-bond acceptors (Lipinski definition) is 6. The normalized spacial score (nSPS) is 12.4. The smallest absolute Gasteiger partial charge is 0.200 e. The van der Waals surface area contributed by atoms with E-state index in [9.17, 15) is 15.3 Å². The number of phenols is 3. The predicted octanol–water partition coefficient (Wildman–Crippen LogP) is 2.60. The van der Waals surface area contributed by atoms with E-state index in [1.807, 2.05) is 18.2 Å². The third kappa shape index (κ3) is 3.06. The largest absolute Gasteiger partial charge is 0.504 e. The summed E-state index contributed by atoms with van der Waals surface area (Å²) in [5.74, 6) is -1.30. The number of hydrogen-bond donors (Lipinski definition) is 4. The molecule has 0 saturated carbocycles. The second-order valence-corrected chi connectivity index (χ2v) is 4.76. The fraction of sp³-hybridized carbons (Fsp3) is 0.188. The van der Waals surface area contributed by atoms with Gasteiger partial charge in [0.05, 0.1) is 13.3 Å². The molecule has 1 atom stereocenters. The van der Waals surface area contributed by atoms with E-state index in [1.165, 1.54) is 18.3 Å². The Balaban J connectivity index is 2.41. The van der Waals surface area contributed by atoms with Gasteiger partial charge in [0.15, 0.2) is 11.5 Å². The van der Waals surface area contributed by atoms with Gasteiger partial charge >= 0.3 is 0 Å². The Bertz CT molecular complexity index is 684. The first-order valence-corrected chi connectivity index (χ1v) is 6.61. The second kappa shape index (κ2) is 6.71. The zero-order valence-electron chi connectivity index (χ0n) is 12.0. The minimum Gasteiger partial charge on any atom is -0.504 e. The van der Waals surface area contributed by atoms with Crippen LogP contribution in [0.2, 0.25) is 0 Å². The number of rotatable bonds is 5. The maximum atomic E-state index is 10.00. The van der Waals surface area contributed by atoms with Gasteiger partial charge in [0.2, 0.25) is 5.75 Å². The van der Waals surface area contributed by atoms with E-state index in [2.05, 4.69) is 5.16 Å². The molecule has 0 bridgehead atoms. The molecule has 22 heavy (non-hydrogen) atoms. The second-order valence-electron chi connectivity index (χ2n) is 4.76. The quantitative estimate of drug-likeness (QED) is 0.294. The minimum absolute atomic E-state index is 0.332. The van der Waals surface area contributed by atoms with Crippen LogP contribution in [0.3, 0.4) is 0 Å². The number of para-hydroxylation sites is 1. The van der Waals surface area contributed by atoms with Gasteiger partial charge in [-0.1, -0.05) is 24.3 Å². The van der Waals surface area contributed by atoms with Crippen molar-refractivity contribution >= 4 is 6.21 Å². The van der Waals surface area contributed by atoms with Crippen LogP contribution in [0.4, 0.5) is 0 Å². The molecule has 116 valence electrons. The number of phenolic OH excluding ortho intramolecular Hbond substituents is 3. The van der Waals surface area contributed by atoms with Crippen molar-refractivity contribution in [3.8, 4) is 23.0 Å². The highest BCUT2D eigenvalue weighted by molar-refractivity contribution is 5.71. The molecule has 0 amide bonds. The fourth-order valence-corrected chi connectivity index (χ4v) is 2.32. The standard InChI is InChI=1S/C16H17NO5/c1-22-14-5-3-2-4-10(14)8-11(9-17-21)12-6-7-13(18)16(20)15(12)19/h2-7,9,11,18-21H,8H2,1H3. The number of nitrogens with zero attached hydrogens (tertiary/aromatic N) is 1. The third-order valence-corrected chi connectivity index (χ3v) is 3.44. The lowest BCUT2D eigenvalue weighted by Crippen LogP contribution is -2.06. The van der Waals surface area contributed by atoms with Gasteiger partial charge in [-0.15, -0.1) is 5.16 Å². The van der Waals surface area contributed by atoms with E-state index in [0.717, 1.165) is 5.56 Å². The fourth-order valence-electron chi connectivity index (χ4n) is 2.32. The summed E-state index contributed by atoms with van der Waals surface area (Å²) < 4.78 is 5.27. The highest BCUT2D eigenvalue weighted by atomic mass is 16.5. The summed E-state index contributed by atoms with van der Waals surface area (Å²) in [6.45, 7) is 0. The van der Waals surface area contributed by atoms with Gasteiger partial charge in [-0.3, -0.25) is 0 Å². The van der Waals surface area contributed by atoms with Crippen molar-refractivity contribution in [1.82, 2.24) is 0 Å². The molecule has 2 aromatic rings. The summed E-state index contributed by atoms with van der Waals surface area (Å²) in [7, 11) is 1.55. The van der Waals surface area contributed by atoms with Gasteiger partial charge in [0.1, 0.15) is 5.75 Å². The molecule has 6 heteroatoms. The molecule has 0 aliphatic carbocycles. The molecule has 0 spiro atoms. The molecule has 0 saturated heterocycles. The molecular weight excluding hydrogens is 286 g/mol. The first-order chi connectivity index (χ1) is 10.6. The zero-order chi connectivity index (χ0) is 16.1. The van der Waals surface area contributed by atoms with E-state index in [1.54, 1.807) is 13.2 Å². The van der Waals surface area contributed by atoms with Gasteiger partial charge in [0.25, 0.3) is 0 Å². The van der Waals surface area contributed by atoms with Crippen molar-refractivity contribution in [2.45, 2.75) is 12.3 Å². The van der Waals surface area contributed by atoms with Crippen molar-refractivity contribution in [2.24, 2.45) is 5.16 Å². The van der Waals surface area contributed by atoms with Crippen molar-refractivity contribution in [3.63, 3.8) is 0 Å². The Hall–Kier alpha value is -2.89. The van der Waals surface area contributed by atoms with Crippen molar-refractivity contribution in [3.05, 3.63) is 47.5 Å². The van der Waals surface area contributed by atoms with Gasteiger partial charge in [-0.2, -0.15) is 0 Å². The topological polar surface area (TPSA) is 103 Å². The SMILES string of the molecule is COc1ccccc1CC(C=NO)c1ccc(O)c(O)c1O. The molecule has 0 aliphatic rings. The molecule has 6 nitrogen and oxygen atoms in total. The number of benzene rings is 2. The van der Waals surface area contributed by atoms with Crippen LogP contribution in [0.1, 0.15) is 17.0 Å². The first kappa shape index (κ1) is 15.5. The molecule has 2 rings (SSSR count). The Kier molecular flexibility index (Phi) is 4.73. The lowest BCUT2D eigenvalue weighted by atomic mass is 9.91. The van der Waals surface area contributed by atoms with Gasteiger partial charge in [0, 0.05) is 11.5 Å². The van der Waals surface area contributed by atoms with E-state index in [4.69, 9.17) is 9.94 Å². The van der Waals surface area contributed by atoms with Crippen LogP contribution in [0.5, 0.6) is 23.0 Å². The summed E-state index contributed by atoms with van der Waals surface area (Å²) in [4.78, 5) is 0. The van der Waals surface area contributed by atoms with Gasteiger partial charge in [-0.25, -0.2) is 0 Å². The summed E-state index contributed by atoms with van der Waals surface area (Å²) in [5.41, 5.74) is 1.18. The third-order valence-electron chi connectivity index (χ3n) is 3.44. The molecule has 2 aromatic carbocycles. The first-order valence-electron chi connectivity index (χ1n) is 6.61. The summed E-state index contributed by atoms with van der Waals surface area (Å²) in [6, 6.07) is 10.1. The van der Waals surface area contributed by atoms with Crippen LogP contribution in [0.25, 0.3) is 0 Å². The van der Waals surface area contributed by atoms with Crippen LogP contribution >= 0.6 is 0 Å². The minimum atomic E-state index is -0.603. The van der Waals surface area contributed by atoms with Crippen LogP contribution in [-0.4, -0.2) is 33.9 Å². The summed E-state index contributed by atoms with van der Waals surface area (Å²) in [5, 5.41) is 40.9. The zero-order valence-corrected chi connectivity index (χ0v) is 12.0. The highest BCUT2D eigenvalue weighted by Crippen LogP contribution is 2.41. The molecule has 0 radical (unpaired) electrons. The predicted molar refractivity (Wildman–Crippen MR) is 81.2 cm³/mol. The monoisotopic (exact) mass is 303 g/mol. The van der Waals surface area contributed by atoms with Gasteiger partial charge in [-0.05, 0) is 24.1 Å². The maximum Gasteiger partial charge on any atom is 0.200 e. The average molecular weight is 303 g/mol. The summed E-state index contributed by atoms with van der Waals surface area (Å²) in [6.07, 6.45) is 1.63. The molecule has 1 unspecified atom stereocenters. The van der Waals surface area contributed by atoms with Crippen LogP contribution < -0.4 is 4.74 Å².